The van der Waals surface area contributed by atoms with E-state index in [9.17, 15) is 0 Å². The van der Waals surface area contributed by atoms with Crippen LogP contribution in [0.1, 0.15) is 44.5 Å². The molecule has 0 N–H and O–H groups in total. The van der Waals surface area contributed by atoms with Gasteiger partial charge in [-0.3, -0.25) is 0 Å². The number of hydrogen-bond donors (Lipinski definition) is 0. The second kappa shape index (κ2) is 10.3. The van der Waals surface area contributed by atoms with Crippen LogP contribution in [0.4, 0.5) is 5.69 Å². The van der Waals surface area contributed by atoms with E-state index in [0.717, 1.165) is 39.8 Å². The molecule has 0 fully saturated rings. The predicted molar refractivity (Wildman–Crippen MR) is 168 cm³/mol. The van der Waals surface area contributed by atoms with Crippen molar-refractivity contribution in [2.75, 3.05) is 0 Å². The van der Waals surface area contributed by atoms with E-state index < -0.39 is 0 Å². The molecular formula is C38H35NO. The van der Waals surface area contributed by atoms with Crippen LogP contribution >= 0.6 is 0 Å². The Kier molecular flexibility index (Phi) is 6.64. The van der Waals surface area contributed by atoms with Crippen molar-refractivity contribution in [3.8, 4) is 22.5 Å². The third-order valence-electron chi connectivity index (χ3n) is 7.92. The molecule has 1 heterocycles. The fourth-order valence-electron chi connectivity index (χ4n) is 5.82. The summed E-state index contributed by atoms with van der Waals surface area (Å²) < 4.78 is 6.67. The molecule has 4 aromatic rings. The molecule has 1 aliphatic heterocycles. The highest BCUT2D eigenvalue weighted by Gasteiger charge is 2.19. The summed E-state index contributed by atoms with van der Waals surface area (Å²) in [5.41, 5.74) is 15.6. The highest BCUT2D eigenvalue weighted by Crippen LogP contribution is 2.41. The maximum Gasteiger partial charge on any atom is 0.137 e. The first-order valence-electron chi connectivity index (χ1n) is 14.0. The van der Waals surface area contributed by atoms with Crippen LogP contribution < -0.4 is 5.36 Å². The van der Waals surface area contributed by atoms with Gasteiger partial charge in [0.15, 0.2) is 0 Å². The Morgan fingerprint density at radius 1 is 0.575 bits per heavy atom. The number of rotatable bonds is 4. The first kappa shape index (κ1) is 25.8. The summed E-state index contributed by atoms with van der Waals surface area (Å²) in [5, 5.41) is 2.02. The Hall–Kier alpha value is -4.43. The Morgan fingerprint density at radius 2 is 1.25 bits per heavy atom. The summed E-state index contributed by atoms with van der Waals surface area (Å²) in [7, 11) is 0. The zero-order chi connectivity index (χ0) is 28.0. The Bertz CT molecular complexity index is 1940. The molecule has 0 saturated heterocycles. The molecule has 1 aliphatic carbocycles. The Labute approximate surface area is 237 Å². The SMILES string of the molecule is Cc1ccc(Cc2ccc3c(-c4ccc(C)cc4C)c4ccc(=Nc5ccc(C)cc5C)cc-4oc3c2)c(C)c1. The molecule has 0 saturated carbocycles. The minimum absolute atomic E-state index is 0.845. The molecule has 0 spiro atoms. The molecule has 2 nitrogen and oxygen atoms in total. The maximum absolute atomic E-state index is 6.67. The Morgan fingerprint density at radius 3 is 1.98 bits per heavy atom. The van der Waals surface area contributed by atoms with Gasteiger partial charge in [0, 0.05) is 22.6 Å². The molecule has 6 rings (SSSR count). The fourth-order valence-corrected chi connectivity index (χ4v) is 5.82. The monoisotopic (exact) mass is 521 g/mol. The molecule has 2 aliphatic rings. The number of benzene rings is 5. The molecule has 2 heteroatoms. The van der Waals surface area contributed by atoms with E-state index in [1.807, 2.05) is 0 Å². The summed E-state index contributed by atoms with van der Waals surface area (Å²) in [6.07, 6.45) is 0.872. The van der Waals surface area contributed by atoms with Crippen LogP contribution in [0.5, 0.6) is 0 Å². The number of aryl methyl sites for hydroxylation is 6. The minimum atomic E-state index is 0.845. The van der Waals surface area contributed by atoms with Gasteiger partial charge in [-0.2, -0.15) is 0 Å². The van der Waals surface area contributed by atoms with Crippen molar-refractivity contribution < 1.29 is 4.42 Å². The summed E-state index contributed by atoms with van der Waals surface area (Å²) in [6, 6.07) is 32.8. The van der Waals surface area contributed by atoms with Gasteiger partial charge >= 0.3 is 0 Å². The lowest BCUT2D eigenvalue weighted by molar-refractivity contribution is 0.618. The van der Waals surface area contributed by atoms with E-state index in [1.165, 1.54) is 55.6 Å². The standard InChI is InChI=1S/C38H35NO/c1-23-7-11-30(26(4)17-23)20-29-10-14-33-36(21-29)40-37-22-31(39-35-16-9-25(3)19-28(35)6)12-15-34(37)38(33)32-13-8-24(2)18-27(32)5/h7-19,21-22H,20H2,1-6H3. The van der Waals surface area contributed by atoms with E-state index in [-0.39, 0.29) is 0 Å². The zero-order valence-corrected chi connectivity index (χ0v) is 24.2. The number of nitrogens with zero attached hydrogens (tertiary/aromatic N) is 1. The minimum Gasteiger partial charge on any atom is -0.456 e. The second-order valence-corrected chi connectivity index (χ2v) is 11.3. The second-order valence-electron chi connectivity index (χ2n) is 11.3. The van der Waals surface area contributed by atoms with Gasteiger partial charge in [-0.15, -0.1) is 0 Å². The highest BCUT2D eigenvalue weighted by molar-refractivity contribution is 6.02. The van der Waals surface area contributed by atoms with Gasteiger partial charge < -0.3 is 4.42 Å². The quantitative estimate of drug-likeness (QED) is 0.212. The Balaban J connectivity index is 1.57. The van der Waals surface area contributed by atoms with Crippen molar-refractivity contribution in [2.45, 2.75) is 48.0 Å². The van der Waals surface area contributed by atoms with Crippen LogP contribution in [0, 0.1) is 41.5 Å². The molecule has 198 valence electrons. The average Bonchev–Trinajstić information content (AvgIpc) is 2.91. The van der Waals surface area contributed by atoms with Gasteiger partial charge in [-0.25, -0.2) is 4.99 Å². The molecule has 0 amide bonds. The predicted octanol–water partition coefficient (Wildman–Crippen LogP) is 9.88. The third kappa shape index (κ3) is 4.98. The molecule has 0 aromatic heterocycles. The average molecular weight is 522 g/mol. The summed E-state index contributed by atoms with van der Waals surface area (Å²) in [6.45, 7) is 12.9. The van der Waals surface area contributed by atoms with Crippen LogP contribution in [-0.4, -0.2) is 0 Å². The smallest absolute Gasteiger partial charge is 0.137 e. The van der Waals surface area contributed by atoms with Crippen molar-refractivity contribution in [1.29, 1.82) is 0 Å². The van der Waals surface area contributed by atoms with Gasteiger partial charge in [-0.1, -0.05) is 77.4 Å². The highest BCUT2D eigenvalue weighted by atomic mass is 16.3. The largest absolute Gasteiger partial charge is 0.456 e. The summed E-state index contributed by atoms with van der Waals surface area (Å²) in [5.74, 6) is 0.845. The first-order chi connectivity index (χ1) is 19.2. The molecule has 0 atom stereocenters. The lowest BCUT2D eigenvalue weighted by Crippen LogP contribution is -2.03. The van der Waals surface area contributed by atoms with Crippen molar-refractivity contribution >= 4 is 16.7 Å². The molecular weight excluding hydrogens is 486 g/mol. The van der Waals surface area contributed by atoms with Gasteiger partial charge in [0.1, 0.15) is 11.3 Å². The number of fused-ring (bicyclic) bond motifs is 2. The van der Waals surface area contributed by atoms with Gasteiger partial charge in [0.25, 0.3) is 0 Å². The van der Waals surface area contributed by atoms with Crippen LogP contribution in [0.25, 0.3) is 33.4 Å². The van der Waals surface area contributed by atoms with Crippen molar-refractivity contribution in [2.24, 2.45) is 4.99 Å². The normalized spacial score (nSPS) is 12.0. The lowest BCUT2D eigenvalue weighted by Gasteiger charge is -2.18. The maximum atomic E-state index is 6.67. The number of hydrogen-bond acceptors (Lipinski definition) is 2. The molecule has 0 unspecified atom stereocenters. The van der Waals surface area contributed by atoms with Crippen LogP contribution in [0.2, 0.25) is 0 Å². The van der Waals surface area contributed by atoms with Crippen LogP contribution in [-0.2, 0) is 6.42 Å². The summed E-state index contributed by atoms with van der Waals surface area (Å²) >= 11 is 0. The fraction of sp³-hybridized carbons (Fsp3) is 0.184. The van der Waals surface area contributed by atoms with Gasteiger partial charge in [0.05, 0.1) is 11.0 Å². The van der Waals surface area contributed by atoms with Crippen LogP contribution in [0.15, 0.2) is 100 Å². The van der Waals surface area contributed by atoms with Crippen LogP contribution in [0.3, 0.4) is 0 Å². The lowest BCUT2D eigenvalue weighted by atomic mass is 9.89. The van der Waals surface area contributed by atoms with Crippen molar-refractivity contribution in [1.82, 2.24) is 0 Å². The van der Waals surface area contributed by atoms with E-state index in [4.69, 9.17) is 9.41 Å². The molecule has 4 aromatic carbocycles. The zero-order valence-electron chi connectivity index (χ0n) is 24.2. The first-order valence-corrected chi connectivity index (χ1v) is 14.0. The van der Waals surface area contributed by atoms with E-state index in [0.29, 0.717) is 0 Å². The van der Waals surface area contributed by atoms with Crippen molar-refractivity contribution in [3.63, 3.8) is 0 Å². The van der Waals surface area contributed by atoms with E-state index in [2.05, 4.69) is 133 Å². The molecule has 40 heavy (non-hydrogen) atoms. The molecule has 0 bridgehead atoms. The van der Waals surface area contributed by atoms with Gasteiger partial charge in [0.2, 0.25) is 0 Å². The van der Waals surface area contributed by atoms with E-state index in [1.54, 1.807) is 0 Å². The molecule has 0 radical (unpaired) electrons. The van der Waals surface area contributed by atoms with Gasteiger partial charge in [-0.05, 0) is 106 Å². The third-order valence-corrected chi connectivity index (χ3v) is 7.92. The van der Waals surface area contributed by atoms with E-state index >= 15 is 0 Å². The summed E-state index contributed by atoms with van der Waals surface area (Å²) in [4.78, 5) is 4.97. The van der Waals surface area contributed by atoms with Crippen molar-refractivity contribution in [3.05, 3.63) is 141 Å². The topological polar surface area (TPSA) is 25.5 Å².